The molecule has 0 bridgehead atoms. The number of fused-ring (bicyclic) bond motifs is 1. The molecule has 1 atom stereocenters. The number of thioether (sulfide) groups is 1. The zero-order chi connectivity index (χ0) is 14.0. The molecule has 0 aliphatic carbocycles. The zero-order valence-electron chi connectivity index (χ0n) is 11.0. The molecule has 0 aliphatic heterocycles. The van der Waals surface area contributed by atoms with E-state index in [1.165, 1.54) is 23.1 Å². The highest BCUT2D eigenvalue weighted by atomic mass is 32.2. The topological polar surface area (TPSA) is 80.9 Å². The van der Waals surface area contributed by atoms with E-state index in [9.17, 15) is 4.79 Å². The van der Waals surface area contributed by atoms with Crippen LogP contribution in [0.3, 0.4) is 0 Å². The molecule has 1 unspecified atom stereocenters. The van der Waals surface area contributed by atoms with E-state index in [1.54, 1.807) is 0 Å². The molecule has 0 radical (unpaired) electrons. The summed E-state index contributed by atoms with van der Waals surface area (Å²) in [4.78, 5) is 21.3. The van der Waals surface area contributed by atoms with Crippen molar-refractivity contribution in [3.05, 3.63) is 11.4 Å². The number of nitrogen functional groups attached to an aromatic ring is 1. The molecule has 5 nitrogen and oxygen atoms in total. The van der Waals surface area contributed by atoms with Gasteiger partial charge in [0.1, 0.15) is 10.6 Å². The fraction of sp³-hybridized carbons (Fsp3) is 0.417. The summed E-state index contributed by atoms with van der Waals surface area (Å²) in [5.41, 5.74) is 5.88. The maximum absolute atomic E-state index is 11.8. The van der Waals surface area contributed by atoms with Crippen LogP contribution in [0.25, 0.3) is 10.2 Å². The first kappa shape index (κ1) is 14.1. The monoisotopic (exact) mass is 296 g/mol. The molecule has 0 aliphatic rings. The molecule has 0 fully saturated rings. The van der Waals surface area contributed by atoms with Gasteiger partial charge in [-0.05, 0) is 32.2 Å². The zero-order valence-corrected chi connectivity index (χ0v) is 12.6. The average molecular weight is 296 g/mol. The van der Waals surface area contributed by atoms with Crippen LogP contribution in [0.1, 0.15) is 20.8 Å². The van der Waals surface area contributed by atoms with Crippen LogP contribution in [-0.4, -0.2) is 27.2 Å². The number of rotatable bonds is 4. The highest BCUT2D eigenvalue weighted by molar-refractivity contribution is 8.00. The number of amides is 1. The molecule has 0 spiro atoms. The molecule has 2 rings (SSSR count). The number of thiophene rings is 1. The molecule has 0 aromatic carbocycles. The van der Waals surface area contributed by atoms with Gasteiger partial charge in [-0.3, -0.25) is 4.79 Å². The molecule has 19 heavy (non-hydrogen) atoms. The maximum Gasteiger partial charge on any atom is 0.233 e. The Morgan fingerprint density at radius 2 is 2.16 bits per heavy atom. The first-order valence-corrected chi connectivity index (χ1v) is 7.71. The van der Waals surface area contributed by atoms with Crippen molar-refractivity contribution in [1.29, 1.82) is 0 Å². The SMILES string of the molecule is CC(C)NC(=O)C(C)Sc1nc(N)c2ccsc2n1. The molecular weight excluding hydrogens is 280 g/mol. The maximum atomic E-state index is 11.8. The Bertz CT molecular complexity index is 596. The van der Waals surface area contributed by atoms with Gasteiger partial charge >= 0.3 is 0 Å². The van der Waals surface area contributed by atoms with E-state index in [2.05, 4.69) is 15.3 Å². The van der Waals surface area contributed by atoms with Crippen molar-refractivity contribution in [1.82, 2.24) is 15.3 Å². The van der Waals surface area contributed by atoms with Crippen molar-refractivity contribution in [2.24, 2.45) is 0 Å². The van der Waals surface area contributed by atoms with E-state index in [-0.39, 0.29) is 17.2 Å². The summed E-state index contributed by atoms with van der Waals surface area (Å²) in [6, 6.07) is 2.03. The van der Waals surface area contributed by atoms with Gasteiger partial charge < -0.3 is 11.1 Å². The predicted molar refractivity (Wildman–Crippen MR) is 80.4 cm³/mol. The van der Waals surface area contributed by atoms with E-state index >= 15 is 0 Å². The van der Waals surface area contributed by atoms with Gasteiger partial charge in [-0.1, -0.05) is 11.8 Å². The summed E-state index contributed by atoms with van der Waals surface area (Å²) in [5.74, 6) is 0.443. The molecule has 2 aromatic heterocycles. The number of nitrogens with two attached hydrogens (primary N) is 1. The van der Waals surface area contributed by atoms with Crippen LogP contribution in [0.5, 0.6) is 0 Å². The van der Waals surface area contributed by atoms with Gasteiger partial charge in [-0.15, -0.1) is 11.3 Å². The molecule has 0 saturated heterocycles. The fourth-order valence-electron chi connectivity index (χ4n) is 1.52. The summed E-state index contributed by atoms with van der Waals surface area (Å²) in [6.07, 6.45) is 0. The minimum atomic E-state index is -0.251. The van der Waals surface area contributed by atoms with E-state index in [0.29, 0.717) is 11.0 Å². The van der Waals surface area contributed by atoms with Crippen molar-refractivity contribution >= 4 is 45.0 Å². The number of hydrogen-bond acceptors (Lipinski definition) is 6. The number of carbonyl (C=O) groups is 1. The fourth-order valence-corrected chi connectivity index (χ4v) is 3.14. The van der Waals surface area contributed by atoms with E-state index < -0.39 is 0 Å². The van der Waals surface area contributed by atoms with Crippen LogP contribution < -0.4 is 11.1 Å². The molecular formula is C12H16N4OS2. The highest BCUT2D eigenvalue weighted by Crippen LogP contribution is 2.28. The lowest BCUT2D eigenvalue weighted by atomic mass is 10.3. The quantitative estimate of drug-likeness (QED) is 0.668. The first-order chi connectivity index (χ1) is 8.97. The third-order valence-corrected chi connectivity index (χ3v) is 4.18. The van der Waals surface area contributed by atoms with Crippen LogP contribution >= 0.6 is 23.1 Å². The average Bonchev–Trinajstić information content (AvgIpc) is 2.76. The number of aromatic nitrogens is 2. The van der Waals surface area contributed by atoms with Crippen LogP contribution in [-0.2, 0) is 4.79 Å². The van der Waals surface area contributed by atoms with Crippen LogP contribution in [0.15, 0.2) is 16.6 Å². The van der Waals surface area contributed by atoms with Crippen LogP contribution in [0, 0.1) is 0 Å². The molecule has 2 heterocycles. The number of hydrogen-bond donors (Lipinski definition) is 2. The van der Waals surface area contributed by atoms with Crippen molar-refractivity contribution in [3.8, 4) is 0 Å². The van der Waals surface area contributed by atoms with Crippen LogP contribution in [0.4, 0.5) is 5.82 Å². The second-order valence-electron chi connectivity index (χ2n) is 4.45. The second kappa shape index (κ2) is 5.75. The first-order valence-electron chi connectivity index (χ1n) is 5.95. The van der Waals surface area contributed by atoms with Gasteiger partial charge in [0.25, 0.3) is 0 Å². The number of nitrogens with zero attached hydrogens (tertiary/aromatic N) is 2. The minimum absolute atomic E-state index is 0.0200. The summed E-state index contributed by atoms with van der Waals surface area (Å²) >= 11 is 2.84. The molecule has 3 N–H and O–H groups in total. The van der Waals surface area contributed by atoms with Gasteiger partial charge in [0.2, 0.25) is 5.91 Å². The Labute approximate surface area is 120 Å². The standard InChI is InChI=1S/C12H16N4OS2/c1-6(2)14-10(17)7(3)19-12-15-9(13)8-4-5-18-11(8)16-12/h4-7H,1-3H3,(H,14,17)(H2,13,15,16). The minimum Gasteiger partial charge on any atom is -0.383 e. The smallest absolute Gasteiger partial charge is 0.233 e. The Morgan fingerprint density at radius 1 is 1.42 bits per heavy atom. The number of nitrogens with one attached hydrogen (secondary N) is 1. The lowest BCUT2D eigenvalue weighted by Crippen LogP contribution is -2.35. The largest absolute Gasteiger partial charge is 0.383 e. The Kier molecular flexibility index (Phi) is 4.26. The Morgan fingerprint density at radius 3 is 2.84 bits per heavy atom. The summed E-state index contributed by atoms with van der Waals surface area (Å²) in [6.45, 7) is 5.70. The van der Waals surface area contributed by atoms with Crippen molar-refractivity contribution in [2.45, 2.75) is 37.2 Å². The highest BCUT2D eigenvalue weighted by Gasteiger charge is 2.17. The summed E-state index contributed by atoms with van der Waals surface area (Å²) in [7, 11) is 0. The molecule has 0 saturated carbocycles. The van der Waals surface area contributed by atoms with Gasteiger partial charge in [0.05, 0.1) is 10.6 Å². The second-order valence-corrected chi connectivity index (χ2v) is 6.66. The Balaban J connectivity index is 2.14. The molecule has 7 heteroatoms. The van der Waals surface area contributed by atoms with Crippen molar-refractivity contribution in [2.75, 3.05) is 5.73 Å². The van der Waals surface area contributed by atoms with Gasteiger partial charge in [-0.25, -0.2) is 9.97 Å². The molecule has 2 aromatic rings. The van der Waals surface area contributed by atoms with Crippen molar-refractivity contribution in [3.63, 3.8) is 0 Å². The molecule has 1 amide bonds. The summed E-state index contributed by atoms with van der Waals surface area (Å²) < 4.78 is 0. The lowest BCUT2D eigenvalue weighted by Gasteiger charge is -2.13. The lowest BCUT2D eigenvalue weighted by molar-refractivity contribution is -0.120. The van der Waals surface area contributed by atoms with E-state index in [4.69, 9.17) is 5.73 Å². The Hall–Kier alpha value is -1.34. The third-order valence-electron chi connectivity index (χ3n) is 2.42. The van der Waals surface area contributed by atoms with Gasteiger partial charge in [-0.2, -0.15) is 0 Å². The number of anilines is 1. The van der Waals surface area contributed by atoms with Crippen molar-refractivity contribution < 1.29 is 4.79 Å². The third kappa shape index (κ3) is 3.36. The van der Waals surface area contributed by atoms with Crippen LogP contribution in [0.2, 0.25) is 0 Å². The normalized spacial score (nSPS) is 12.8. The molecule has 102 valence electrons. The predicted octanol–water partition coefficient (Wildman–Crippen LogP) is 2.28. The van der Waals surface area contributed by atoms with E-state index in [1.807, 2.05) is 32.2 Å². The van der Waals surface area contributed by atoms with Gasteiger partial charge in [0, 0.05) is 6.04 Å². The summed E-state index contributed by atoms with van der Waals surface area (Å²) in [5, 5.41) is 5.95. The number of carbonyl (C=O) groups excluding carboxylic acids is 1. The van der Waals surface area contributed by atoms with E-state index in [0.717, 1.165) is 10.2 Å². The van der Waals surface area contributed by atoms with Gasteiger partial charge in [0.15, 0.2) is 5.16 Å².